The van der Waals surface area contributed by atoms with Gasteiger partial charge in [0, 0.05) is 198 Å². The first-order valence-corrected chi connectivity index (χ1v) is 29.8. The van der Waals surface area contributed by atoms with Crippen molar-refractivity contribution in [3.05, 3.63) is 305 Å². The minimum absolute atomic E-state index is 0. The maximum Gasteiger partial charge on any atom is 2.00 e. The fourth-order valence-electron chi connectivity index (χ4n) is 9.16. The summed E-state index contributed by atoms with van der Waals surface area (Å²) in [7, 11) is 8.22. The Balaban J connectivity index is 0.000000398. The molecule has 0 fully saturated rings. The van der Waals surface area contributed by atoms with Crippen LogP contribution in [0.2, 0.25) is 0 Å². The van der Waals surface area contributed by atoms with Gasteiger partial charge in [0.1, 0.15) is 5.75 Å². The Morgan fingerprint density at radius 2 is 0.473 bits per heavy atom. The number of pyridine rings is 8. The van der Waals surface area contributed by atoms with Gasteiger partial charge in [-0.05, 0) is 149 Å². The summed E-state index contributed by atoms with van der Waals surface area (Å²) in [5.41, 5.74) is 12.4. The van der Waals surface area contributed by atoms with Crippen molar-refractivity contribution in [2.24, 2.45) is 0 Å². The van der Waals surface area contributed by atoms with E-state index in [4.69, 9.17) is 0 Å². The summed E-state index contributed by atoms with van der Waals surface area (Å²) in [5.74, 6) is 0.316. The van der Waals surface area contributed by atoms with E-state index in [1.54, 1.807) is 0 Å². The van der Waals surface area contributed by atoms with E-state index < -0.39 is 0 Å². The van der Waals surface area contributed by atoms with Crippen molar-refractivity contribution < 1.29 is 83.0 Å². The molecule has 0 saturated carbocycles. The van der Waals surface area contributed by atoms with Gasteiger partial charge in [-0.25, -0.2) is 0 Å². The summed E-state index contributed by atoms with van der Waals surface area (Å²) in [6.45, 7) is 14.9. The monoisotopic (exact) mass is 1420 g/mol. The average Bonchev–Trinajstić information content (AvgIpc) is 1.78. The third kappa shape index (κ3) is 31.2. The average molecular weight is 1430 g/mol. The van der Waals surface area contributed by atoms with Gasteiger partial charge in [0.05, 0.1) is 45.6 Å². The van der Waals surface area contributed by atoms with E-state index in [1.165, 1.54) is 11.1 Å². The zero-order valence-corrected chi connectivity index (χ0v) is 66.3. The molecule has 0 amide bonds. The van der Waals surface area contributed by atoms with Crippen LogP contribution < -0.4 is 0 Å². The number of para-hydroxylation sites is 1. The number of hydrogen-bond acceptors (Lipinski definition) is 15. The fourth-order valence-corrected chi connectivity index (χ4v) is 9.16. The molecule has 2 aromatic carbocycles. The standard InChI is InChI=1S/C32H32N6O.C32H32N6.2C4H11N.4Zn/c39-32-26(20-37(22-28-12-1-5-16-33-28)23-29-13-2-6-17-34-29)10-9-11-27(32)21-38(24-30-14-3-7-18-35-30)25-31-15-4-8-19-36-31;1-5-16-33-29(12-1)23-37(24-30-13-2-6-17-34-30)21-27-10-9-11-28(20-27)22-38(25-31-14-3-7-18-35-31)26-32-15-4-8-19-36-32;2*1-4-5(2)3;;;;/h1-19,39H,20-25H2;1-20H,21-26H2;2*4H2,1-3H3;;;;/q;;;;;;;+2. The van der Waals surface area contributed by atoms with E-state index in [9.17, 15) is 5.11 Å². The number of phenolic OH excluding ortho intramolecular Hbond substituents is 1. The zero-order valence-electron chi connectivity index (χ0n) is 54.5. The van der Waals surface area contributed by atoms with Crippen LogP contribution in [0, 0.1) is 0 Å². The van der Waals surface area contributed by atoms with Crippen molar-refractivity contribution in [2.45, 2.75) is 92.4 Å². The molecule has 0 atom stereocenters. The first-order valence-electron chi connectivity index (χ1n) is 29.8. The van der Waals surface area contributed by atoms with Gasteiger partial charge in [-0.1, -0.05) is 105 Å². The minimum Gasteiger partial charge on any atom is -0.507 e. The molecule has 0 aliphatic rings. The molecule has 0 unspecified atom stereocenters. The topological polar surface area (TPSA) is 143 Å². The second-order valence-corrected chi connectivity index (χ2v) is 21.7. The molecule has 19 heteroatoms. The molecule has 0 saturated heterocycles. The molecule has 10 rings (SSSR count). The molecule has 0 spiro atoms. The Labute approximate surface area is 592 Å². The number of hydrogen-bond donors (Lipinski definition) is 1. The van der Waals surface area contributed by atoms with Gasteiger partial charge in [-0.3, -0.25) is 59.5 Å². The summed E-state index contributed by atoms with van der Waals surface area (Å²) in [5, 5.41) is 11.4. The molecule has 91 heavy (non-hydrogen) atoms. The molecular formula is C72H86N14OZn4+2. The van der Waals surface area contributed by atoms with Crippen molar-refractivity contribution in [3.8, 4) is 5.75 Å². The van der Waals surface area contributed by atoms with E-state index in [2.05, 4.69) is 160 Å². The van der Waals surface area contributed by atoms with Crippen molar-refractivity contribution in [1.82, 2.24) is 69.3 Å². The van der Waals surface area contributed by atoms with Gasteiger partial charge in [0.15, 0.2) is 0 Å². The van der Waals surface area contributed by atoms with Crippen LogP contribution in [0.5, 0.6) is 5.75 Å². The predicted molar refractivity (Wildman–Crippen MR) is 349 cm³/mol. The summed E-state index contributed by atoms with van der Waals surface area (Å²) < 4.78 is 0. The molecular weight excluding hydrogens is 1340 g/mol. The number of benzene rings is 2. The molecule has 8 heterocycles. The normalized spacial score (nSPS) is 10.5. The second kappa shape index (κ2) is 45.9. The molecule has 0 aliphatic carbocycles. The molecule has 15 nitrogen and oxygen atoms in total. The Morgan fingerprint density at radius 1 is 0.275 bits per heavy atom. The van der Waals surface area contributed by atoms with Crippen LogP contribution in [-0.4, -0.2) is 116 Å². The van der Waals surface area contributed by atoms with E-state index in [1.807, 2.05) is 189 Å². The van der Waals surface area contributed by atoms with Crippen LogP contribution in [0.25, 0.3) is 0 Å². The van der Waals surface area contributed by atoms with E-state index in [0.29, 0.717) is 45.0 Å². The number of aromatic hydroxyl groups is 1. The summed E-state index contributed by atoms with van der Waals surface area (Å²) >= 11 is 0. The van der Waals surface area contributed by atoms with Crippen molar-refractivity contribution in [2.75, 3.05) is 41.3 Å². The maximum atomic E-state index is 11.4. The van der Waals surface area contributed by atoms with Crippen molar-refractivity contribution in [1.29, 1.82) is 0 Å². The largest absolute Gasteiger partial charge is 2.00 e. The number of phenols is 1. The second-order valence-electron chi connectivity index (χ2n) is 21.7. The third-order valence-corrected chi connectivity index (χ3v) is 14.0. The molecule has 0 radical (unpaired) electrons. The van der Waals surface area contributed by atoms with Crippen LogP contribution in [0.3, 0.4) is 0 Å². The summed E-state index contributed by atoms with van der Waals surface area (Å²) in [6, 6.07) is 62.9. The Kier molecular flexibility index (Phi) is 39.8. The van der Waals surface area contributed by atoms with Crippen LogP contribution in [0.1, 0.15) is 81.7 Å². The van der Waals surface area contributed by atoms with Crippen LogP contribution in [0.4, 0.5) is 0 Å². The van der Waals surface area contributed by atoms with Gasteiger partial charge < -0.3 is 14.9 Å². The molecule has 10 aromatic rings. The molecule has 0 aliphatic heterocycles. The van der Waals surface area contributed by atoms with E-state index in [-0.39, 0.29) is 77.9 Å². The van der Waals surface area contributed by atoms with Gasteiger partial charge in [-0.2, -0.15) is 0 Å². The van der Waals surface area contributed by atoms with Crippen molar-refractivity contribution >= 4 is 0 Å². The summed E-state index contributed by atoms with van der Waals surface area (Å²) in [6.07, 6.45) is 14.7. The van der Waals surface area contributed by atoms with Crippen LogP contribution in [-0.2, 0) is 156 Å². The number of nitrogens with zero attached hydrogens (tertiary/aromatic N) is 14. The quantitative estimate of drug-likeness (QED) is 0.0513. The maximum absolute atomic E-state index is 11.4. The molecule has 456 valence electrons. The first kappa shape index (κ1) is 78.9. The molecule has 1 N–H and O–H groups in total. The van der Waals surface area contributed by atoms with Crippen LogP contribution >= 0.6 is 0 Å². The van der Waals surface area contributed by atoms with Gasteiger partial charge in [-0.15, -0.1) is 0 Å². The smallest absolute Gasteiger partial charge is 0.507 e. The summed E-state index contributed by atoms with van der Waals surface area (Å²) in [4.78, 5) is 49.8. The number of rotatable bonds is 26. The van der Waals surface area contributed by atoms with Crippen LogP contribution in [0.15, 0.2) is 238 Å². The molecule has 0 bridgehead atoms. The Bertz CT molecular complexity index is 3020. The minimum atomic E-state index is 0. The third-order valence-electron chi connectivity index (χ3n) is 14.0. The first-order chi connectivity index (χ1) is 42.6. The predicted octanol–water partition coefficient (Wildman–Crippen LogP) is 12.2. The molecule has 8 aromatic heterocycles. The van der Waals surface area contributed by atoms with Crippen molar-refractivity contribution in [3.63, 3.8) is 0 Å². The Morgan fingerprint density at radius 3 is 0.659 bits per heavy atom. The van der Waals surface area contributed by atoms with Gasteiger partial charge in [0.25, 0.3) is 0 Å². The fraction of sp³-hybridized carbons (Fsp3) is 0.278. The van der Waals surface area contributed by atoms with Gasteiger partial charge in [0.2, 0.25) is 0 Å². The van der Waals surface area contributed by atoms with E-state index >= 15 is 0 Å². The number of aromatic nitrogens is 8. The van der Waals surface area contributed by atoms with Gasteiger partial charge >= 0.3 is 19.5 Å². The zero-order chi connectivity index (χ0) is 61.1. The SMILES string of the molecule is CCN(C)C.CCN(C)C.Oc1c(CN(Cc2ccccn2)Cc2ccccn2)cccc1CN(Cc1ccccn1)Cc1ccccn1.[Zn+2].[Zn].[Zn].[Zn].c1ccc(CN(Cc2cccc(CN(Cc3ccccn3)Cc3ccccn3)c2)Cc2ccccn2)nc1. The Hall–Kier alpha value is -6.31. The van der Waals surface area contributed by atoms with E-state index in [0.717, 1.165) is 109 Å².